The Kier molecular flexibility index (Phi) is 7.20. The van der Waals surface area contributed by atoms with Crippen molar-refractivity contribution in [3.63, 3.8) is 0 Å². The maximum atomic E-state index is 12.4. The second-order valence-corrected chi connectivity index (χ2v) is 8.72. The summed E-state index contributed by atoms with van der Waals surface area (Å²) in [5, 5.41) is 2.56. The zero-order valence-corrected chi connectivity index (χ0v) is 18.3. The lowest BCUT2D eigenvalue weighted by Gasteiger charge is -2.41. The van der Waals surface area contributed by atoms with E-state index in [-0.39, 0.29) is 25.0 Å². The number of ether oxygens (including phenoxy) is 1. The van der Waals surface area contributed by atoms with Crippen molar-refractivity contribution in [2.24, 2.45) is 11.8 Å². The largest absolute Gasteiger partial charge is 0.454 e. The Bertz CT molecular complexity index is 942. The van der Waals surface area contributed by atoms with Crippen LogP contribution in [0.3, 0.4) is 0 Å². The van der Waals surface area contributed by atoms with Crippen molar-refractivity contribution in [1.29, 1.82) is 0 Å². The van der Waals surface area contributed by atoms with Crippen LogP contribution < -0.4 is 5.32 Å². The number of carbonyl (C=O) groups excluding carboxylic acids is 3. The van der Waals surface area contributed by atoms with Crippen LogP contribution in [-0.2, 0) is 14.3 Å². The van der Waals surface area contributed by atoms with Gasteiger partial charge in [0.15, 0.2) is 6.61 Å². The topological polar surface area (TPSA) is 75.7 Å². The van der Waals surface area contributed by atoms with E-state index in [4.69, 9.17) is 4.74 Å². The van der Waals surface area contributed by atoms with Gasteiger partial charge in [-0.15, -0.1) is 0 Å². The van der Waals surface area contributed by atoms with E-state index in [9.17, 15) is 14.4 Å². The molecule has 2 atom stereocenters. The average molecular weight is 435 g/mol. The number of piperidine rings is 1. The van der Waals surface area contributed by atoms with Gasteiger partial charge in [0.05, 0.1) is 0 Å². The molecule has 1 saturated heterocycles. The molecule has 32 heavy (non-hydrogen) atoms. The smallest absolute Gasteiger partial charge is 0.325 e. The van der Waals surface area contributed by atoms with E-state index in [0.717, 1.165) is 36.6 Å². The van der Waals surface area contributed by atoms with Gasteiger partial charge < -0.3 is 15.0 Å². The highest BCUT2D eigenvalue weighted by atomic mass is 16.5. The zero-order valence-electron chi connectivity index (χ0n) is 18.3. The molecule has 0 aromatic heterocycles. The Balaban J connectivity index is 1.19. The van der Waals surface area contributed by atoms with Crippen LogP contribution in [0.4, 0.5) is 0 Å². The van der Waals surface area contributed by atoms with Crippen LogP contribution in [0.25, 0.3) is 11.1 Å². The minimum Gasteiger partial charge on any atom is -0.454 e. The first-order valence-electron chi connectivity index (χ1n) is 11.5. The number of carbonyl (C=O) groups is 3. The Labute approximate surface area is 188 Å². The molecule has 0 radical (unpaired) electrons. The summed E-state index contributed by atoms with van der Waals surface area (Å²) in [6, 6.07) is 17.1. The summed E-state index contributed by atoms with van der Waals surface area (Å²) in [6.45, 7) is 0.985. The molecule has 1 aliphatic carbocycles. The van der Waals surface area contributed by atoms with Crippen molar-refractivity contribution in [2.75, 3.05) is 26.2 Å². The summed E-state index contributed by atoms with van der Waals surface area (Å²) in [5.74, 6) is 0.217. The van der Waals surface area contributed by atoms with Crippen molar-refractivity contribution in [2.45, 2.75) is 32.1 Å². The predicted octanol–water partition coefficient (Wildman–Crippen LogP) is 3.67. The molecule has 0 unspecified atom stereocenters. The molecule has 2 fully saturated rings. The Morgan fingerprint density at radius 2 is 1.56 bits per heavy atom. The number of benzene rings is 2. The van der Waals surface area contributed by atoms with Gasteiger partial charge in [-0.2, -0.15) is 0 Å². The van der Waals surface area contributed by atoms with Gasteiger partial charge in [0.1, 0.15) is 6.54 Å². The number of fused-ring (bicyclic) bond motifs is 1. The van der Waals surface area contributed by atoms with E-state index in [1.807, 2.05) is 47.4 Å². The maximum Gasteiger partial charge on any atom is 0.325 e. The molecular weight excluding hydrogens is 404 g/mol. The lowest BCUT2D eigenvalue weighted by atomic mass is 9.75. The predicted molar refractivity (Wildman–Crippen MR) is 122 cm³/mol. The van der Waals surface area contributed by atoms with Crippen molar-refractivity contribution in [3.05, 3.63) is 60.2 Å². The fourth-order valence-corrected chi connectivity index (χ4v) is 4.81. The Hall–Kier alpha value is -3.15. The highest BCUT2D eigenvalue weighted by Crippen LogP contribution is 2.36. The number of hydrogen-bond acceptors (Lipinski definition) is 4. The summed E-state index contributed by atoms with van der Waals surface area (Å²) < 4.78 is 5.11. The van der Waals surface area contributed by atoms with Gasteiger partial charge in [-0.05, 0) is 47.9 Å². The molecule has 168 valence electrons. The molecule has 1 saturated carbocycles. The SMILES string of the molecule is O=C(CNC(=O)c1ccc(-c2ccccc2)cc1)OCC(=O)N1CC[C@@H]2CCCC[C@H]2C1. The van der Waals surface area contributed by atoms with E-state index >= 15 is 0 Å². The second-order valence-electron chi connectivity index (χ2n) is 8.72. The third-order valence-corrected chi connectivity index (χ3v) is 6.65. The molecule has 2 aromatic carbocycles. The van der Waals surface area contributed by atoms with Crippen molar-refractivity contribution >= 4 is 17.8 Å². The Morgan fingerprint density at radius 1 is 0.875 bits per heavy atom. The molecule has 6 heteroatoms. The van der Waals surface area contributed by atoms with Gasteiger partial charge in [0, 0.05) is 18.7 Å². The van der Waals surface area contributed by atoms with E-state index in [1.54, 1.807) is 12.1 Å². The number of hydrogen-bond donors (Lipinski definition) is 1. The molecule has 1 aliphatic heterocycles. The summed E-state index contributed by atoms with van der Waals surface area (Å²) >= 11 is 0. The van der Waals surface area contributed by atoms with Gasteiger partial charge in [0.25, 0.3) is 11.8 Å². The highest BCUT2D eigenvalue weighted by molar-refractivity contribution is 5.96. The molecule has 4 rings (SSSR count). The van der Waals surface area contributed by atoms with E-state index in [1.165, 1.54) is 25.7 Å². The fourth-order valence-electron chi connectivity index (χ4n) is 4.81. The lowest BCUT2D eigenvalue weighted by molar-refractivity contribution is -0.152. The van der Waals surface area contributed by atoms with Crippen LogP contribution in [0.1, 0.15) is 42.5 Å². The lowest BCUT2D eigenvalue weighted by Crippen LogP contribution is -2.46. The average Bonchev–Trinajstić information content (AvgIpc) is 2.86. The number of amides is 2. The van der Waals surface area contributed by atoms with Gasteiger partial charge >= 0.3 is 5.97 Å². The van der Waals surface area contributed by atoms with Crippen molar-refractivity contribution in [3.8, 4) is 11.1 Å². The van der Waals surface area contributed by atoms with E-state index in [0.29, 0.717) is 11.5 Å². The van der Waals surface area contributed by atoms with E-state index < -0.39 is 5.97 Å². The summed E-state index contributed by atoms with van der Waals surface area (Å²) in [5.41, 5.74) is 2.54. The van der Waals surface area contributed by atoms with Gasteiger partial charge in [-0.1, -0.05) is 61.7 Å². The number of esters is 1. The molecule has 1 N–H and O–H groups in total. The van der Waals surface area contributed by atoms with Crippen LogP contribution in [0.15, 0.2) is 54.6 Å². The number of nitrogens with one attached hydrogen (secondary N) is 1. The van der Waals surface area contributed by atoms with Crippen molar-refractivity contribution in [1.82, 2.24) is 10.2 Å². The maximum absolute atomic E-state index is 12.4. The zero-order chi connectivity index (χ0) is 22.3. The molecule has 0 bridgehead atoms. The first-order chi connectivity index (χ1) is 15.6. The number of likely N-dealkylation sites (tertiary alicyclic amines) is 1. The standard InChI is InChI=1S/C26H30N2O4/c29-24(28-15-14-20-8-4-5-9-23(20)17-28)18-32-25(30)16-27-26(31)22-12-10-21(11-13-22)19-6-2-1-3-7-19/h1-3,6-7,10-13,20,23H,4-5,8-9,14-18H2,(H,27,31)/t20-,23-/m0/s1. The van der Waals surface area contributed by atoms with Gasteiger partial charge in [-0.3, -0.25) is 14.4 Å². The molecule has 2 aromatic rings. The van der Waals surface area contributed by atoms with Gasteiger partial charge in [0.2, 0.25) is 0 Å². The molecular formula is C26H30N2O4. The molecule has 2 aliphatic rings. The van der Waals surface area contributed by atoms with Crippen LogP contribution in [0, 0.1) is 11.8 Å². The van der Waals surface area contributed by atoms with Crippen LogP contribution in [0.2, 0.25) is 0 Å². The van der Waals surface area contributed by atoms with E-state index in [2.05, 4.69) is 5.32 Å². The van der Waals surface area contributed by atoms with Crippen LogP contribution >= 0.6 is 0 Å². The first-order valence-corrected chi connectivity index (χ1v) is 11.5. The summed E-state index contributed by atoms with van der Waals surface area (Å²) in [7, 11) is 0. The minimum atomic E-state index is -0.611. The van der Waals surface area contributed by atoms with Crippen molar-refractivity contribution < 1.29 is 19.1 Å². The second kappa shape index (κ2) is 10.4. The summed E-state index contributed by atoms with van der Waals surface area (Å²) in [6.07, 6.45) is 6.05. The minimum absolute atomic E-state index is 0.148. The number of nitrogens with zero attached hydrogens (tertiary/aromatic N) is 1. The summed E-state index contributed by atoms with van der Waals surface area (Å²) in [4.78, 5) is 38.6. The Morgan fingerprint density at radius 3 is 2.31 bits per heavy atom. The fraction of sp³-hybridized carbons (Fsp3) is 0.423. The normalized spacial score (nSPS) is 20.2. The first kappa shape index (κ1) is 22.1. The third-order valence-electron chi connectivity index (χ3n) is 6.65. The quantitative estimate of drug-likeness (QED) is 0.704. The highest BCUT2D eigenvalue weighted by Gasteiger charge is 2.33. The molecule has 6 nitrogen and oxygen atoms in total. The van der Waals surface area contributed by atoms with Gasteiger partial charge in [-0.25, -0.2) is 0 Å². The monoisotopic (exact) mass is 434 g/mol. The third kappa shape index (κ3) is 5.55. The molecule has 2 amide bonds. The molecule has 0 spiro atoms. The van der Waals surface area contributed by atoms with Crippen LogP contribution in [0.5, 0.6) is 0 Å². The molecule has 1 heterocycles. The van der Waals surface area contributed by atoms with Crippen LogP contribution in [-0.4, -0.2) is 48.9 Å². The number of rotatable bonds is 6.